The summed E-state index contributed by atoms with van der Waals surface area (Å²) in [6.45, 7) is 0. The predicted molar refractivity (Wildman–Crippen MR) is 178 cm³/mol. The molecule has 1 N–H and O–H groups in total. The standard InChI is InChI=1S/C41H27NO/c1-2-13-28(14-3-1)41(35-20-8-6-18-32(35)33-19-7-9-21-36(33)41)29-15-10-16-30(26-29)42-37-22-11-23-38-39(37)34-25-24-27-12-4-5-17-31(27)40(34)43-38/h1-26,42H. The van der Waals surface area contributed by atoms with Gasteiger partial charge in [-0.15, -0.1) is 0 Å². The Morgan fingerprint density at radius 1 is 0.488 bits per heavy atom. The summed E-state index contributed by atoms with van der Waals surface area (Å²) in [6.07, 6.45) is 0. The van der Waals surface area contributed by atoms with Crippen LogP contribution in [0, 0.1) is 0 Å². The van der Waals surface area contributed by atoms with Crippen molar-refractivity contribution >= 4 is 44.1 Å². The van der Waals surface area contributed by atoms with Crippen LogP contribution in [0.2, 0.25) is 0 Å². The molecule has 43 heavy (non-hydrogen) atoms. The van der Waals surface area contributed by atoms with Crippen molar-refractivity contribution in [2.45, 2.75) is 5.41 Å². The van der Waals surface area contributed by atoms with Crippen LogP contribution in [0.3, 0.4) is 0 Å². The number of hydrogen-bond donors (Lipinski definition) is 1. The van der Waals surface area contributed by atoms with Gasteiger partial charge in [0, 0.05) is 16.5 Å². The molecule has 202 valence electrons. The minimum atomic E-state index is -0.431. The lowest BCUT2D eigenvalue weighted by atomic mass is 9.67. The van der Waals surface area contributed by atoms with Crippen LogP contribution < -0.4 is 5.32 Å². The number of anilines is 2. The van der Waals surface area contributed by atoms with Crippen molar-refractivity contribution in [1.29, 1.82) is 0 Å². The van der Waals surface area contributed by atoms with Crippen LogP contribution in [0.5, 0.6) is 0 Å². The average molecular weight is 550 g/mol. The van der Waals surface area contributed by atoms with Gasteiger partial charge in [0.05, 0.1) is 16.5 Å². The molecule has 1 aromatic heterocycles. The molecule has 0 saturated heterocycles. The third-order valence-electron chi connectivity index (χ3n) is 9.12. The molecule has 0 aliphatic heterocycles. The van der Waals surface area contributed by atoms with Crippen LogP contribution in [-0.2, 0) is 5.41 Å². The van der Waals surface area contributed by atoms with E-state index in [-0.39, 0.29) is 0 Å². The normalized spacial score (nSPS) is 13.3. The molecule has 1 heterocycles. The average Bonchev–Trinajstić information content (AvgIpc) is 3.61. The highest BCUT2D eigenvalue weighted by molar-refractivity contribution is 6.18. The van der Waals surface area contributed by atoms with Gasteiger partial charge in [-0.05, 0) is 69.1 Å². The second-order valence-electron chi connectivity index (χ2n) is 11.4. The number of hydrogen-bond acceptors (Lipinski definition) is 2. The van der Waals surface area contributed by atoms with Crippen LogP contribution in [0.25, 0.3) is 43.8 Å². The molecule has 0 amide bonds. The summed E-state index contributed by atoms with van der Waals surface area (Å²) >= 11 is 0. The van der Waals surface area contributed by atoms with E-state index in [0.29, 0.717) is 0 Å². The Morgan fingerprint density at radius 2 is 1.16 bits per heavy atom. The molecule has 1 aliphatic rings. The van der Waals surface area contributed by atoms with E-state index in [4.69, 9.17) is 4.42 Å². The molecule has 0 radical (unpaired) electrons. The zero-order valence-corrected chi connectivity index (χ0v) is 23.4. The molecule has 0 saturated carbocycles. The molecular weight excluding hydrogens is 522 g/mol. The minimum absolute atomic E-state index is 0.431. The summed E-state index contributed by atoms with van der Waals surface area (Å²) < 4.78 is 6.46. The van der Waals surface area contributed by atoms with Gasteiger partial charge in [0.2, 0.25) is 0 Å². The number of fused-ring (bicyclic) bond motifs is 8. The van der Waals surface area contributed by atoms with Gasteiger partial charge in [-0.2, -0.15) is 0 Å². The van der Waals surface area contributed by atoms with E-state index >= 15 is 0 Å². The lowest BCUT2D eigenvalue weighted by molar-refractivity contribution is 0.673. The lowest BCUT2D eigenvalue weighted by Crippen LogP contribution is -2.28. The van der Waals surface area contributed by atoms with Crippen molar-refractivity contribution in [2.75, 3.05) is 5.32 Å². The number of furan rings is 1. The van der Waals surface area contributed by atoms with Crippen molar-refractivity contribution in [2.24, 2.45) is 0 Å². The van der Waals surface area contributed by atoms with Crippen LogP contribution >= 0.6 is 0 Å². The third kappa shape index (κ3) is 3.41. The molecule has 9 rings (SSSR count). The summed E-state index contributed by atoms with van der Waals surface area (Å²) in [6, 6.07) is 56.6. The van der Waals surface area contributed by atoms with Gasteiger partial charge in [-0.1, -0.05) is 127 Å². The predicted octanol–water partition coefficient (Wildman–Crippen LogP) is 10.8. The van der Waals surface area contributed by atoms with E-state index in [1.54, 1.807) is 0 Å². The summed E-state index contributed by atoms with van der Waals surface area (Å²) in [7, 11) is 0. The van der Waals surface area contributed by atoms with E-state index in [1.807, 2.05) is 0 Å². The number of rotatable bonds is 4. The van der Waals surface area contributed by atoms with Gasteiger partial charge in [0.1, 0.15) is 11.2 Å². The molecular formula is C41H27NO. The highest BCUT2D eigenvalue weighted by Gasteiger charge is 2.45. The van der Waals surface area contributed by atoms with Crippen molar-refractivity contribution < 1.29 is 4.42 Å². The first kappa shape index (κ1) is 24.0. The summed E-state index contributed by atoms with van der Waals surface area (Å²) in [4.78, 5) is 0. The van der Waals surface area contributed by atoms with Crippen LogP contribution in [0.4, 0.5) is 11.4 Å². The summed E-state index contributed by atoms with van der Waals surface area (Å²) in [5.74, 6) is 0. The van der Waals surface area contributed by atoms with Gasteiger partial charge in [0.25, 0.3) is 0 Å². The maximum atomic E-state index is 6.46. The van der Waals surface area contributed by atoms with Gasteiger partial charge in [-0.3, -0.25) is 0 Å². The van der Waals surface area contributed by atoms with E-state index in [9.17, 15) is 0 Å². The van der Waals surface area contributed by atoms with E-state index < -0.39 is 5.41 Å². The largest absolute Gasteiger partial charge is 0.455 e. The van der Waals surface area contributed by atoms with Crippen LogP contribution in [0.1, 0.15) is 22.3 Å². The molecule has 0 bridgehead atoms. The van der Waals surface area contributed by atoms with Crippen LogP contribution in [0.15, 0.2) is 162 Å². The molecule has 2 heteroatoms. The van der Waals surface area contributed by atoms with Crippen molar-refractivity contribution in [3.05, 3.63) is 180 Å². The molecule has 0 atom stereocenters. The van der Waals surface area contributed by atoms with E-state index in [0.717, 1.165) is 38.7 Å². The van der Waals surface area contributed by atoms with Gasteiger partial charge < -0.3 is 9.73 Å². The third-order valence-corrected chi connectivity index (χ3v) is 9.12. The fourth-order valence-electron chi connectivity index (χ4n) is 7.36. The smallest absolute Gasteiger partial charge is 0.143 e. The monoisotopic (exact) mass is 549 g/mol. The highest BCUT2D eigenvalue weighted by Crippen LogP contribution is 2.56. The number of benzene rings is 7. The molecule has 7 aromatic carbocycles. The maximum absolute atomic E-state index is 6.46. The topological polar surface area (TPSA) is 25.2 Å². The quantitative estimate of drug-likeness (QED) is 0.236. The van der Waals surface area contributed by atoms with Crippen molar-refractivity contribution in [1.82, 2.24) is 0 Å². The second kappa shape index (κ2) is 9.20. The van der Waals surface area contributed by atoms with E-state index in [1.165, 1.54) is 38.8 Å². The van der Waals surface area contributed by atoms with Crippen molar-refractivity contribution in [3.63, 3.8) is 0 Å². The first-order valence-corrected chi connectivity index (χ1v) is 14.8. The Hall–Kier alpha value is -5.60. The zero-order chi connectivity index (χ0) is 28.4. The van der Waals surface area contributed by atoms with Gasteiger partial charge >= 0.3 is 0 Å². The molecule has 0 fully saturated rings. The van der Waals surface area contributed by atoms with Gasteiger partial charge in [0.15, 0.2) is 0 Å². The Bertz CT molecular complexity index is 2280. The first-order valence-electron chi connectivity index (χ1n) is 14.8. The molecule has 8 aromatic rings. The lowest BCUT2D eigenvalue weighted by Gasteiger charge is -2.34. The Labute approximate surface area is 249 Å². The fraction of sp³-hybridized carbons (Fsp3) is 0.0244. The SMILES string of the molecule is c1ccc(C2(c3cccc(Nc4cccc5oc6c7ccccc7ccc6c45)c3)c3ccccc3-c3ccccc32)cc1. The van der Waals surface area contributed by atoms with Crippen LogP contribution in [-0.4, -0.2) is 0 Å². The maximum Gasteiger partial charge on any atom is 0.143 e. The molecule has 2 nitrogen and oxygen atoms in total. The second-order valence-corrected chi connectivity index (χ2v) is 11.4. The summed E-state index contributed by atoms with van der Waals surface area (Å²) in [5.41, 5.74) is 11.2. The molecule has 0 unspecified atom stereocenters. The zero-order valence-electron chi connectivity index (χ0n) is 23.4. The fourth-order valence-corrected chi connectivity index (χ4v) is 7.36. The Kier molecular flexibility index (Phi) is 5.15. The Morgan fingerprint density at radius 3 is 1.98 bits per heavy atom. The number of nitrogens with one attached hydrogen (secondary N) is 1. The minimum Gasteiger partial charge on any atom is -0.455 e. The molecule has 1 aliphatic carbocycles. The van der Waals surface area contributed by atoms with E-state index in [2.05, 4.69) is 163 Å². The highest BCUT2D eigenvalue weighted by atomic mass is 16.3. The first-order chi connectivity index (χ1) is 21.3. The van der Waals surface area contributed by atoms with Gasteiger partial charge in [-0.25, -0.2) is 0 Å². The Balaban J connectivity index is 1.25. The summed E-state index contributed by atoms with van der Waals surface area (Å²) in [5, 5.41) is 8.32. The molecule has 0 spiro atoms. The van der Waals surface area contributed by atoms with Crippen molar-refractivity contribution in [3.8, 4) is 11.1 Å².